The van der Waals surface area contributed by atoms with Gasteiger partial charge in [-0.25, -0.2) is 9.18 Å². The van der Waals surface area contributed by atoms with Crippen LogP contribution >= 0.6 is 15.9 Å². The molecule has 0 saturated heterocycles. The summed E-state index contributed by atoms with van der Waals surface area (Å²) in [6, 6.07) is 10.1. The molecule has 32 heavy (non-hydrogen) atoms. The molecule has 0 saturated carbocycles. The van der Waals surface area contributed by atoms with Crippen LogP contribution in [0.4, 0.5) is 9.18 Å². The smallest absolute Gasteiger partial charge is 0.410 e. The number of halogens is 2. The van der Waals surface area contributed by atoms with Crippen LogP contribution in [0, 0.1) is 51.1 Å². The number of fused-ring (bicyclic) bond motifs is 1. The Bertz CT molecular complexity index is 1150. The van der Waals surface area contributed by atoms with Crippen LogP contribution in [0.5, 0.6) is 0 Å². The van der Waals surface area contributed by atoms with Crippen LogP contribution in [0.1, 0.15) is 32.3 Å². The van der Waals surface area contributed by atoms with Crippen molar-refractivity contribution in [2.24, 2.45) is 17.1 Å². The van der Waals surface area contributed by atoms with Crippen molar-refractivity contribution in [2.75, 3.05) is 13.1 Å². The molecule has 0 fully saturated rings. The number of nitrogens with zero attached hydrogens (tertiary/aromatic N) is 4. The maximum atomic E-state index is 15.0. The summed E-state index contributed by atoms with van der Waals surface area (Å²) in [6.45, 7) is 5.40. The van der Waals surface area contributed by atoms with E-state index in [-0.39, 0.29) is 29.9 Å². The van der Waals surface area contributed by atoms with Gasteiger partial charge in [0.25, 0.3) is 0 Å². The number of carbonyl (C=O) groups excluding carboxylic acids is 1. The van der Waals surface area contributed by atoms with E-state index in [4.69, 9.17) is 10.5 Å². The van der Waals surface area contributed by atoms with E-state index in [0.29, 0.717) is 10.0 Å². The van der Waals surface area contributed by atoms with E-state index in [0.717, 1.165) is 0 Å². The molecular weight excluding hydrogens is 477 g/mol. The van der Waals surface area contributed by atoms with Crippen molar-refractivity contribution < 1.29 is 13.9 Å². The van der Waals surface area contributed by atoms with Gasteiger partial charge in [0.15, 0.2) is 5.41 Å². The van der Waals surface area contributed by atoms with Crippen molar-refractivity contribution in [3.63, 3.8) is 0 Å². The van der Waals surface area contributed by atoms with Gasteiger partial charge in [0.2, 0.25) is 0 Å². The van der Waals surface area contributed by atoms with Crippen LogP contribution in [0.3, 0.4) is 0 Å². The van der Waals surface area contributed by atoms with Gasteiger partial charge in [-0.1, -0.05) is 22.0 Å². The van der Waals surface area contributed by atoms with Crippen molar-refractivity contribution in [3.05, 3.63) is 57.0 Å². The lowest BCUT2D eigenvalue weighted by Gasteiger charge is -2.45. The summed E-state index contributed by atoms with van der Waals surface area (Å²) in [7, 11) is 0. The summed E-state index contributed by atoms with van der Waals surface area (Å²) < 4.78 is 21.0. The Kier molecular flexibility index (Phi) is 6.05. The van der Waals surface area contributed by atoms with E-state index in [1.165, 1.54) is 23.1 Å². The van der Waals surface area contributed by atoms with Crippen molar-refractivity contribution in [1.82, 2.24) is 4.90 Å². The van der Waals surface area contributed by atoms with Gasteiger partial charge in [-0.3, -0.25) is 0 Å². The predicted molar refractivity (Wildman–Crippen MR) is 117 cm³/mol. The second kappa shape index (κ2) is 8.30. The molecule has 1 aromatic carbocycles. The first-order valence-electron chi connectivity index (χ1n) is 9.85. The Balaban J connectivity index is 2.24. The third kappa shape index (κ3) is 3.83. The third-order valence-corrected chi connectivity index (χ3v) is 6.10. The third-order valence-electron chi connectivity index (χ3n) is 5.61. The zero-order chi connectivity index (χ0) is 23.8. The van der Waals surface area contributed by atoms with E-state index < -0.39 is 34.8 Å². The molecule has 1 amide bonds. The quantitative estimate of drug-likeness (QED) is 0.617. The highest BCUT2D eigenvalue weighted by Crippen LogP contribution is 2.54. The Labute approximate surface area is 194 Å². The molecule has 0 aromatic heterocycles. The number of allylic oxidation sites excluding steroid dienone is 2. The number of hydrogen-bond donors (Lipinski definition) is 1. The Morgan fingerprint density at radius 2 is 1.97 bits per heavy atom. The first kappa shape index (κ1) is 23.3. The first-order valence-corrected chi connectivity index (χ1v) is 10.6. The normalized spacial score (nSPS) is 22.1. The molecule has 1 aliphatic heterocycles. The van der Waals surface area contributed by atoms with Crippen LogP contribution < -0.4 is 5.73 Å². The summed E-state index contributed by atoms with van der Waals surface area (Å²) in [4.78, 5) is 14.1. The van der Waals surface area contributed by atoms with Crippen molar-refractivity contribution in [2.45, 2.75) is 32.3 Å². The van der Waals surface area contributed by atoms with Crippen LogP contribution in [-0.2, 0) is 4.74 Å². The molecule has 3 rings (SSSR count). The Hall–Kier alpha value is -3.35. The van der Waals surface area contributed by atoms with Crippen molar-refractivity contribution in [1.29, 1.82) is 15.8 Å². The lowest BCUT2D eigenvalue weighted by molar-refractivity contribution is 0.0224. The molecule has 0 radical (unpaired) electrons. The monoisotopic (exact) mass is 497 g/mol. The van der Waals surface area contributed by atoms with Crippen LogP contribution in [0.15, 0.2) is 45.6 Å². The SMILES string of the molecule is CC(C)(C)OC(=O)N1CC=C2C(C#N)=C(N)C(C#N)(C#N)C(c3cc(Br)ccc3F)C2C1. The van der Waals surface area contributed by atoms with E-state index in [9.17, 15) is 20.6 Å². The van der Waals surface area contributed by atoms with Gasteiger partial charge in [0, 0.05) is 29.4 Å². The van der Waals surface area contributed by atoms with Crippen LogP contribution in [-0.4, -0.2) is 29.7 Å². The predicted octanol–water partition coefficient (Wildman–Crippen LogP) is 4.25. The maximum Gasteiger partial charge on any atom is 0.410 e. The number of hydrogen-bond acceptors (Lipinski definition) is 6. The molecule has 1 aliphatic carbocycles. The highest BCUT2D eigenvalue weighted by molar-refractivity contribution is 9.10. The largest absolute Gasteiger partial charge is 0.444 e. The van der Waals surface area contributed by atoms with Crippen LogP contribution in [0.25, 0.3) is 0 Å². The standard InChI is InChI=1S/C23H21BrFN5O2/c1-22(2,3)32-21(31)30-7-6-14-16(9-26)20(29)23(11-27,12-28)19(17(14)10-30)15-8-13(24)4-5-18(15)25/h4-6,8,17,19H,7,10,29H2,1-3H3. The summed E-state index contributed by atoms with van der Waals surface area (Å²) >= 11 is 3.31. The fourth-order valence-electron chi connectivity index (χ4n) is 4.25. The Morgan fingerprint density at radius 3 is 2.53 bits per heavy atom. The number of nitrogens with two attached hydrogens (primary N) is 1. The lowest BCUT2D eigenvalue weighted by Crippen LogP contribution is -2.50. The molecule has 1 heterocycles. The minimum Gasteiger partial charge on any atom is -0.444 e. The average Bonchev–Trinajstić information content (AvgIpc) is 2.73. The van der Waals surface area contributed by atoms with E-state index in [1.54, 1.807) is 26.8 Å². The molecule has 0 bridgehead atoms. The zero-order valence-corrected chi connectivity index (χ0v) is 19.4. The highest BCUT2D eigenvalue weighted by atomic mass is 79.9. The number of benzene rings is 1. The van der Waals surface area contributed by atoms with E-state index in [2.05, 4.69) is 15.9 Å². The summed E-state index contributed by atoms with van der Waals surface area (Å²) in [5.41, 5.74) is 3.91. The van der Waals surface area contributed by atoms with Crippen molar-refractivity contribution >= 4 is 22.0 Å². The Morgan fingerprint density at radius 1 is 1.31 bits per heavy atom. The summed E-state index contributed by atoms with van der Waals surface area (Å²) in [5.74, 6) is -2.39. The fraction of sp³-hybridized carbons (Fsp3) is 0.391. The fourth-order valence-corrected chi connectivity index (χ4v) is 4.63. The van der Waals surface area contributed by atoms with Gasteiger partial charge in [-0.15, -0.1) is 0 Å². The lowest BCUT2D eigenvalue weighted by atomic mass is 9.58. The number of ether oxygens (including phenoxy) is 1. The molecule has 2 atom stereocenters. The number of nitriles is 3. The minimum atomic E-state index is -1.99. The summed E-state index contributed by atoms with van der Waals surface area (Å²) in [5, 5.41) is 29.9. The topological polar surface area (TPSA) is 127 Å². The molecule has 9 heteroatoms. The molecule has 2 aliphatic rings. The number of rotatable bonds is 1. The molecule has 7 nitrogen and oxygen atoms in total. The van der Waals surface area contributed by atoms with Gasteiger partial charge in [-0.2, -0.15) is 15.8 Å². The molecular formula is C23H21BrFN5O2. The molecule has 2 unspecified atom stereocenters. The van der Waals surface area contributed by atoms with Crippen LogP contribution in [0.2, 0.25) is 0 Å². The maximum absolute atomic E-state index is 15.0. The zero-order valence-electron chi connectivity index (χ0n) is 17.8. The molecule has 1 aromatic rings. The van der Waals surface area contributed by atoms with Gasteiger partial charge in [-0.05, 0) is 50.1 Å². The molecule has 0 spiro atoms. The second-order valence-electron chi connectivity index (χ2n) is 8.73. The van der Waals surface area contributed by atoms with Gasteiger partial charge < -0.3 is 15.4 Å². The van der Waals surface area contributed by atoms with E-state index in [1.807, 2.05) is 18.2 Å². The molecule has 2 N–H and O–H groups in total. The number of carbonyl (C=O) groups is 1. The first-order chi connectivity index (χ1) is 15.0. The van der Waals surface area contributed by atoms with Gasteiger partial charge in [0.1, 0.15) is 17.5 Å². The summed E-state index contributed by atoms with van der Waals surface area (Å²) in [6.07, 6.45) is 1.08. The second-order valence-corrected chi connectivity index (χ2v) is 9.64. The number of amides is 1. The van der Waals surface area contributed by atoms with Gasteiger partial charge in [0.05, 0.1) is 23.4 Å². The highest BCUT2D eigenvalue weighted by Gasteiger charge is 2.55. The minimum absolute atomic E-state index is 0.0218. The van der Waals surface area contributed by atoms with Gasteiger partial charge >= 0.3 is 6.09 Å². The average molecular weight is 498 g/mol. The molecule has 164 valence electrons. The van der Waals surface area contributed by atoms with Crippen molar-refractivity contribution in [3.8, 4) is 18.2 Å². The van der Waals surface area contributed by atoms with E-state index >= 15 is 4.39 Å².